The normalized spacial score (nSPS) is 17.0. The van der Waals surface area contributed by atoms with Crippen molar-refractivity contribution in [2.75, 3.05) is 19.5 Å². The van der Waals surface area contributed by atoms with Crippen LogP contribution < -0.4 is 15.2 Å². The Morgan fingerprint density at radius 3 is 3.00 bits per heavy atom. The molecule has 1 atom stereocenters. The topological polar surface area (TPSA) is 57.4 Å². The highest BCUT2D eigenvalue weighted by Crippen LogP contribution is 2.32. The maximum atomic E-state index is 5.89. The fourth-order valence-corrected chi connectivity index (χ4v) is 2.80. The van der Waals surface area contributed by atoms with E-state index in [1.807, 2.05) is 24.4 Å². The van der Waals surface area contributed by atoms with Gasteiger partial charge in [-0.15, -0.1) is 0 Å². The van der Waals surface area contributed by atoms with Gasteiger partial charge in [-0.3, -0.25) is 0 Å². The molecule has 2 heterocycles. The number of hydrogen-bond donors (Lipinski definition) is 1. The Bertz CT molecular complexity index is 655. The molecule has 0 radical (unpaired) electrons. The lowest BCUT2D eigenvalue weighted by molar-refractivity contribution is 0.220. The third-order valence-electron chi connectivity index (χ3n) is 4.01. The summed E-state index contributed by atoms with van der Waals surface area (Å²) in [5.41, 5.74) is 9.39. The minimum absolute atomic E-state index is 0.468. The molecule has 1 aromatic heterocycles. The molecule has 0 amide bonds. The average Bonchev–Trinajstić information content (AvgIpc) is 2.49. The van der Waals surface area contributed by atoms with Crippen LogP contribution in [0.2, 0.25) is 0 Å². The number of nitrogens with two attached hydrogens (primary N) is 1. The van der Waals surface area contributed by atoms with Crippen LogP contribution in [0.4, 0.5) is 5.82 Å². The largest absolute Gasteiger partial charge is 0.497 e. The molecule has 1 aromatic carbocycles. The van der Waals surface area contributed by atoms with E-state index >= 15 is 0 Å². The first-order chi connectivity index (χ1) is 10.2. The number of rotatable bonds is 3. The summed E-state index contributed by atoms with van der Waals surface area (Å²) in [7, 11) is 1.67. The van der Waals surface area contributed by atoms with E-state index in [1.165, 1.54) is 16.7 Å². The third-order valence-corrected chi connectivity index (χ3v) is 4.01. The van der Waals surface area contributed by atoms with Gasteiger partial charge < -0.3 is 15.2 Å². The van der Waals surface area contributed by atoms with Gasteiger partial charge in [0.25, 0.3) is 0 Å². The molecule has 0 bridgehead atoms. The lowest BCUT2D eigenvalue weighted by atomic mass is 9.90. The van der Waals surface area contributed by atoms with Crippen molar-refractivity contribution >= 4 is 5.82 Å². The predicted octanol–water partition coefficient (Wildman–Crippen LogP) is 2.77. The maximum absolute atomic E-state index is 5.89. The van der Waals surface area contributed by atoms with Gasteiger partial charge in [0.05, 0.1) is 13.7 Å². The number of anilines is 1. The summed E-state index contributed by atoms with van der Waals surface area (Å²) in [6, 6.07) is 7.97. The number of fused-ring (bicyclic) bond motifs is 1. The van der Waals surface area contributed by atoms with Crippen molar-refractivity contribution in [2.24, 2.45) is 5.92 Å². The lowest BCUT2D eigenvalue weighted by Gasteiger charge is -2.26. The lowest BCUT2D eigenvalue weighted by Crippen LogP contribution is -2.23. The van der Waals surface area contributed by atoms with Gasteiger partial charge >= 0.3 is 0 Å². The van der Waals surface area contributed by atoms with Gasteiger partial charge in [0.15, 0.2) is 0 Å². The first-order valence-corrected chi connectivity index (χ1v) is 7.16. The molecule has 1 aliphatic heterocycles. The molecule has 1 aliphatic rings. The van der Waals surface area contributed by atoms with Crippen LogP contribution in [0.3, 0.4) is 0 Å². The summed E-state index contributed by atoms with van der Waals surface area (Å²) in [5, 5.41) is 0. The van der Waals surface area contributed by atoms with Crippen LogP contribution >= 0.6 is 0 Å². The Kier molecular flexibility index (Phi) is 3.69. The van der Waals surface area contributed by atoms with E-state index in [1.54, 1.807) is 7.11 Å². The van der Waals surface area contributed by atoms with Crippen molar-refractivity contribution < 1.29 is 9.47 Å². The van der Waals surface area contributed by atoms with Gasteiger partial charge in [0.1, 0.15) is 17.3 Å². The molecular formula is C17H20N2O2. The molecule has 0 saturated heterocycles. The van der Waals surface area contributed by atoms with Gasteiger partial charge in [-0.05, 0) is 48.6 Å². The number of aryl methyl sites for hydroxylation is 1. The standard InChI is InChI=1S/C17H20N2O2/c1-11-5-17(18)19-9-14(11)7-12-6-13-3-4-15(20-2)8-16(13)21-10-12/h3-5,8-9,12H,6-7,10H2,1-2H3,(H2,18,19). The van der Waals surface area contributed by atoms with E-state index in [-0.39, 0.29) is 0 Å². The smallest absolute Gasteiger partial charge is 0.126 e. The van der Waals surface area contributed by atoms with E-state index in [2.05, 4.69) is 18.0 Å². The summed E-state index contributed by atoms with van der Waals surface area (Å²) < 4.78 is 11.1. The van der Waals surface area contributed by atoms with Crippen LogP contribution in [-0.2, 0) is 12.8 Å². The zero-order valence-corrected chi connectivity index (χ0v) is 12.4. The Morgan fingerprint density at radius 1 is 1.38 bits per heavy atom. The summed E-state index contributed by atoms with van der Waals surface area (Å²) in [6.45, 7) is 2.81. The summed E-state index contributed by atoms with van der Waals surface area (Å²) in [5.74, 6) is 2.83. The van der Waals surface area contributed by atoms with E-state index in [0.29, 0.717) is 11.7 Å². The molecule has 1 unspecified atom stereocenters. The van der Waals surface area contributed by atoms with Crippen LogP contribution in [0, 0.1) is 12.8 Å². The van der Waals surface area contributed by atoms with Crippen molar-refractivity contribution in [3.05, 3.63) is 47.2 Å². The highest BCUT2D eigenvalue weighted by molar-refractivity contribution is 5.42. The number of aromatic nitrogens is 1. The van der Waals surface area contributed by atoms with E-state index in [9.17, 15) is 0 Å². The van der Waals surface area contributed by atoms with Gasteiger partial charge in [-0.1, -0.05) is 6.07 Å². The second-order valence-electron chi connectivity index (χ2n) is 5.59. The molecule has 0 aliphatic carbocycles. The van der Waals surface area contributed by atoms with Crippen LogP contribution in [0.25, 0.3) is 0 Å². The number of methoxy groups -OCH3 is 1. The van der Waals surface area contributed by atoms with Crippen molar-refractivity contribution in [1.29, 1.82) is 0 Å². The Balaban J connectivity index is 1.74. The van der Waals surface area contributed by atoms with Gasteiger partial charge in [0, 0.05) is 18.2 Å². The van der Waals surface area contributed by atoms with E-state index < -0.39 is 0 Å². The Morgan fingerprint density at radius 2 is 2.24 bits per heavy atom. The highest BCUT2D eigenvalue weighted by atomic mass is 16.5. The number of hydrogen-bond acceptors (Lipinski definition) is 4. The number of pyridine rings is 1. The first kappa shape index (κ1) is 13.7. The summed E-state index contributed by atoms with van der Waals surface area (Å²) in [6.07, 6.45) is 3.86. The second kappa shape index (κ2) is 5.64. The molecule has 3 rings (SSSR count). The molecule has 2 aromatic rings. The van der Waals surface area contributed by atoms with Crippen molar-refractivity contribution in [2.45, 2.75) is 19.8 Å². The first-order valence-electron chi connectivity index (χ1n) is 7.16. The number of nitrogen functional groups attached to an aromatic ring is 1. The van der Waals surface area contributed by atoms with Crippen LogP contribution in [-0.4, -0.2) is 18.7 Å². The minimum Gasteiger partial charge on any atom is -0.497 e. The molecule has 0 spiro atoms. The SMILES string of the molecule is COc1ccc2c(c1)OCC(Cc1cnc(N)cc1C)C2. The number of ether oxygens (including phenoxy) is 2. The average molecular weight is 284 g/mol. The molecule has 0 fully saturated rings. The van der Waals surface area contributed by atoms with Crippen molar-refractivity contribution in [3.63, 3.8) is 0 Å². The van der Waals surface area contributed by atoms with Gasteiger partial charge in [0.2, 0.25) is 0 Å². The Hall–Kier alpha value is -2.23. The van der Waals surface area contributed by atoms with Crippen LogP contribution in [0.5, 0.6) is 11.5 Å². The third kappa shape index (κ3) is 2.94. The fourth-order valence-electron chi connectivity index (χ4n) is 2.80. The molecule has 4 heteroatoms. The van der Waals surface area contributed by atoms with Gasteiger partial charge in [-0.2, -0.15) is 0 Å². The molecule has 0 saturated carbocycles. The van der Waals surface area contributed by atoms with E-state index in [4.69, 9.17) is 15.2 Å². The zero-order valence-electron chi connectivity index (χ0n) is 12.4. The molecule has 2 N–H and O–H groups in total. The monoisotopic (exact) mass is 284 g/mol. The van der Waals surface area contributed by atoms with Crippen molar-refractivity contribution in [1.82, 2.24) is 4.98 Å². The van der Waals surface area contributed by atoms with Crippen LogP contribution in [0.1, 0.15) is 16.7 Å². The highest BCUT2D eigenvalue weighted by Gasteiger charge is 2.21. The predicted molar refractivity (Wildman–Crippen MR) is 82.8 cm³/mol. The van der Waals surface area contributed by atoms with Gasteiger partial charge in [-0.25, -0.2) is 4.98 Å². The molecular weight excluding hydrogens is 264 g/mol. The fraction of sp³-hybridized carbons (Fsp3) is 0.353. The molecule has 21 heavy (non-hydrogen) atoms. The molecule has 110 valence electrons. The number of nitrogens with zero attached hydrogens (tertiary/aromatic N) is 1. The minimum atomic E-state index is 0.468. The van der Waals surface area contributed by atoms with E-state index in [0.717, 1.165) is 30.9 Å². The number of benzene rings is 1. The zero-order chi connectivity index (χ0) is 14.8. The second-order valence-corrected chi connectivity index (χ2v) is 5.59. The summed E-state index contributed by atoms with van der Waals surface area (Å²) in [4.78, 5) is 4.19. The quantitative estimate of drug-likeness (QED) is 0.941. The maximum Gasteiger partial charge on any atom is 0.126 e. The van der Waals surface area contributed by atoms with Crippen LogP contribution in [0.15, 0.2) is 30.5 Å². The van der Waals surface area contributed by atoms with Crippen molar-refractivity contribution in [3.8, 4) is 11.5 Å². The molecule has 4 nitrogen and oxygen atoms in total. The Labute approximate surface area is 124 Å². The summed E-state index contributed by atoms with van der Waals surface area (Å²) >= 11 is 0.